The van der Waals surface area contributed by atoms with Gasteiger partial charge in [0.25, 0.3) is 0 Å². The monoisotopic (exact) mass is 259 g/mol. The molecule has 0 spiro atoms. The minimum absolute atomic E-state index is 0.258. The molecule has 3 aromatic rings. The predicted molar refractivity (Wildman–Crippen MR) is 68.0 cm³/mol. The summed E-state index contributed by atoms with van der Waals surface area (Å²) >= 11 is 1.11. The number of fused-ring (bicyclic) bond motifs is 1. The van der Waals surface area contributed by atoms with Gasteiger partial charge in [-0.15, -0.1) is 10.2 Å². The average molecular weight is 259 g/mol. The molecule has 0 saturated carbocycles. The zero-order chi connectivity index (χ0) is 12.7. The van der Waals surface area contributed by atoms with Gasteiger partial charge < -0.3 is 5.11 Å². The quantitative estimate of drug-likeness (QED) is 0.767. The summed E-state index contributed by atoms with van der Waals surface area (Å²) in [5.74, 6) is -0.283. The Balaban J connectivity index is 2.17. The summed E-state index contributed by atoms with van der Waals surface area (Å²) in [5.41, 5.74) is 2.08. The van der Waals surface area contributed by atoms with Crippen LogP contribution in [0.1, 0.15) is 15.2 Å². The van der Waals surface area contributed by atoms with Crippen molar-refractivity contribution in [3.05, 3.63) is 40.9 Å². The van der Waals surface area contributed by atoms with E-state index in [1.807, 2.05) is 31.2 Å². The molecular formula is C12H9N3O2S. The number of aromatic nitrogens is 3. The van der Waals surface area contributed by atoms with Crippen molar-refractivity contribution in [3.8, 4) is 11.4 Å². The maximum Gasteiger partial charge on any atom is 0.347 e. The summed E-state index contributed by atoms with van der Waals surface area (Å²) in [6.07, 6.45) is 1.55. The van der Waals surface area contributed by atoms with Crippen LogP contribution in [0.25, 0.3) is 16.3 Å². The van der Waals surface area contributed by atoms with Gasteiger partial charge in [0.1, 0.15) is 4.88 Å². The molecule has 1 aromatic carbocycles. The number of aryl methyl sites for hydroxylation is 1. The van der Waals surface area contributed by atoms with Crippen LogP contribution >= 0.6 is 11.3 Å². The van der Waals surface area contributed by atoms with Crippen LogP contribution in [-0.4, -0.2) is 25.7 Å². The van der Waals surface area contributed by atoms with E-state index in [-0.39, 0.29) is 4.88 Å². The van der Waals surface area contributed by atoms with Gasteiger partial charge in [-0.2, -0.15) is 0 Å². The van der Waals surface area contributed by atoms with E-state index in [1.54, 1.807) is 10.6 Å². The molecule has 0 bridgehead atoms. The lowest BCUT2D eigenvalue weighted by Gasteiger charge is -1.98. The number of thiazole rings is 1. The van der Waals surface area contributed by atoms with Crippen molar-refractivity contribution in [1.29, 1.82) is 0 Å². The van der Waals surface area contributed by atoms with Crippen molar-refractivity contribution in [1.82, 2.24) is 14.6 Å². The van der Waals surface area contributed by atoms with Gasteiger partial charge in [-0.3, -0.25) is 4.40 Å². The van der Waals surface area contributed by atoms with Crippen molar-refractivity contribution in [2.75, 3.05) is 0 Å². The van der Waals surface area contributed by atoms with E-state index in [4.69, 9.17) is 5.11 Å². The maximum atomic E-state index is 10.9. The first kappa shape index (κ1) is 10.9. The first-order valence-corrected chi connectivity index (χ1v) is 6.12. The van der Waals surface area contributed by atoms with E-state index < -0.39 is 5.97 Å². The van der Waals surface area contributed by atoms with Crippen molar-refractivity contribution < 1.29 is 9.90 Å². The molecule has 3 rings (SSSR count). The number of aromatic carboxylic acids is 1. The molecule has 18 heavy (non-hydrogen) atoms. The minimum Gasteiger partial charge on any atom is -0.477 e. The highest BCUT2D eigenvalue weighted by Gasteiger charge is 2.14. The third-order valence-corrected chi connectivity index (χ3v) is 3.59. The number of carboxylic acid groups (broad SMARTS) is 1. The summed E-state index contributed by atoms with van der Waals surface area (Å²) < 4.78 is 1.71. The van der Waals surface area contributed by atoms with Gasteiger partial charge >= 0.3 is 5.97 Å². The molecule has 0 unspecified atom stereocenters. The topological polar surface area (TPSA) is 67.5 Å². The molecule has 0 fully saturated rings. The average Bonchev–Trinajstić information content (AvgIpc) is 2.89. The zero-order valence-electron chi connectivity index (χ0n) is 9.49. The number of hydrogen-bond acceptors (Lipinski definition) is 4. The largest absolute Gasteiger partial charge is 0.477 e. The fourth-order valence-corrected chi connectivity index (χ4v) is 2.46. The van der Waals surface area contributed by atoms with Crippen LogP contribution < -0.4 is 0 Å². The molecule has 0 aliphatic carbocycles. The SMILES string of the molecule is Cc1ccc(-c2nnc3sc(C(=O)O)cn23)cc1. The van der Waals surface area contributed by atoms with Crippen molar-refractivity contribution in [2.45, 2.75) is 6.92 Å². The van der Waals surface area contributed by atoms with Crippen LogP contribution in [0.2, 0.25) is 0 Å². The molecule has 0 aliphatic rings. The lowest BCUT2D eigenvalue weighted by molar-refractivity contribution is 0.0702. The zero-order valence-corrected chi connectivity index (χ0v) is 10.3. The Hall–Kier alpha value is -2.21. The second kappa shape index (κ2) is 3.92. The molecule has 0 atom stereocenters. The van der Waals surface area contributed by atoms with E-state index >= 15 is 0 Å². The van der Waals surface area contributed by atoms with Crippen LogP contribution in [0.15, 0.2) is 30.5 Å². The predicted octanol–water partition coefficient (Wildman–Crippen LogP) is 2.46. The first-order chi connectivity index (χ1) is 8.65. The smallest absolute Gasteiger partial charge is 0.347 e. The van der Waals surface area contributed by atoms with E-state index in [1.165, 1.54) is 0 Å². The summed E-state index contributed by atoms with van der Waals surface area (Å²) in [6, 6.07) is 7.87. The molecule has 2 heterocycles. The van der Waals surface area contributed by atoms with E-state index in [2.05, 4.69) is 10.2 Å². The van der Waals surface area contributed by atoms with Crippen molar-refractivity contribution >= 4 is 22.3 Å². The standard InChI is InChI=1S/C12H9N3O2S/c1-7-2-4-8(5-3-7)10-13-14-12-15(10)6-9(18-12)11(16)17/h2-6H,1H3,(H,16,17). The van der Waals surface area contributed by atoms with E-state index in [0.29, 0.717) is 10.8 Å². The van der Waals surface area contributed by atoms with Gasteiger partial charge in [0.05, 0.1) is 0 Å². The van der Waals surface area contributed by atoms with Gasteiger partial charge in [0.2, 0.25) is 4.96 Å². The third kappa shape index (κ3) is 1.67. The summed E-state index contributed by atoms with van der Waals surface area (Å²) in [7, 11) is 0. The Morgan fingerprint density at radius 1 is 1.28 bits per heavy atom. The van der Waals surface area contributed by atoms with Gasteiger partial charge in [-0.05, 0) is 6.92 Å². The first-order valence-electron chi connectivity index (χ1n) is 5.30. The number of carboxylic acids is 1. The number of carbonyl (C=O) groups is 1. The molecule has 0 saturated heterocycles. The molecule has 2 aromatic heterocycles. The summed E-state index contributed by atoms with van der Waals surface area (Å²) in [5, 5.41) is 17.0. The fourth-order valence-electron chi connectivity index (χ4n) is 1.70. The maximum absolute atomic E-state index is 10.9. The lowest BCUT2D eigenvalue weighted by atomic mass is 10.1. The number of hydrogen-bond donors (Lipinski definition) is 1. The van der Waals surface area contributed by atoms with Crippen LogP contribution in [-0.2, 0) is 0 Å². The highest BCUT2D eigenvalue weighted by molar-refractivity contribution is 7.18. The van der Waals surface area contributed by atoms with Crippen molar-refractivity contribution in [2.24, 2.45) is 0 Å². The lowest BCUT2D eigenvalue weighted by Crippen LogP contribution is -1.92. The van der Waals surface area contributed by atoms with Crippen LogP contribution in [0.5, 0.6) is 0 Å². The second-order valence-electron chi connectivity index (χ2n) is 3.94. The van der Waals surface area contributed by atoms with Crippen LogP contribution in [0, 0.1) is 6.92 Å². The molecule has 0 aliphatic heterocycles. The minimum atomic E-state index is -0.944. The molecule has 0 radical (unpaired) electrons. The molecular weight excluding hydrogens is 250 g/mol. The second-order valence-corrected chi connectivity index (χ2v) is 4.95. The summed E-state index contributed by atoms with van der Waals surface area (Å²) in [6.45, 7) is 2.01. The molecule has 0 amide bonds. The van der Waals surface area contributed by atoms with Crippen LogP contribution in [0.4, 0.5) is 0 Å². The molecule has 5 nitrogen and oxygen atoms in total. The number of nitrogens with zero attached hydrogens (tertiary/aromatic N) is 3. The molecule has 90 valence electrons. The Morgan fingerprint density at radius 2 is 2.00 bits per heavy atom. The van der Waals surface area contributed by atoms with E-state index in [9.17, 15) is 4.79 Å². The van der Waals surface area contributed by atoms with Gasteiger partial charge in [0, 0.05) is 11.8 Å². The third-order valence-electron chi connectivity index (χ3n) is 2.63. The fraction of sp³-hybridized carbons (Fsp3) is 0.0833. The van der Waals surface area contributed by atoms with Crippen LogP contribution in [0.3, 0.4) is 0 Å². The van der Waals surface area contributed by atoms with Gasteiger partial charge in [-0.1, -0.05) is 41.2 Å². The number of rotatable bonds is 2. The van der Waals surface area contributed by atoms with Gasteiger partial charge in [-0.25, -0.2) is 4.79 Å². The highest BCUT2D eigenvalue weighted by Crippen LogP contribution is 2.23. The Labute approximate surface area is 106 Å². The molecule has 6 heteroatoms. The van der Waals surface area contributed by atoms with E-state index in [0.717, 1.165) is 22.5 Å². The Morgan fingerprint density at radius 3 is 2.67 bits per heavy atom. The van der Waals surface area contributed by atoms with Crippen molar-refractivity contribution in [3.63, 3.8) is 0 Å². The normalized spacial score (nSPS) is 10.9. The Kier molecular flexibility index (Phi) is 2.38. The summed E-state index contributed by atoms with van der Waals surface area (Å²) in [4.78, 5) is 11.8. The Bertz CT molecular complexity index is 727. The molecule has 1 N–H and O–H groups in total. The number of benzene rings is 1. The highest BCUT2D eigenvalue weighted by atomic mass is 32.1. The van der Waals surface area contributed by atoms with Gasteiger partial charge in [0.15, 0.2) is 5.82 Å².